The molecule has 1 heterocycles. The summed E-state index contributed by atoms with van der Waals surface area (Å²) in [6.45, 7) is 2.46. The van der Waals surface area contributed by atoms with Crippen LogP contribution in [0.15, 0.2) is 36.4 Å². The van der Waals surface area contributed by atoms with E-state index in [0.29, 0.717) is 45.2 Å². The third-order valence-electron chi connectivity index (χ3n) is 6.41. The van der Waals surface area contributed by atoms with Crippen molar-refractivity contribution in [1.29, 1.82) is 0 Å². The number of piperidine rings is 1. The average molecular weight is 537 g/mol. The zero-order valence-electron chi connectivity index (χ0n) is 20.5. The van der Waals surface area contributed by atoms with Crippen molar-refractivity contribution >= 4 is 46.5 Å². The number of ether oxygens (including phenoxy) is 1. The first-order chi connectivity index (χ1) is 17.4. The van der Waals surface area contributed by atoms with Gasteiger partial charge in [-0.05, 0) is 75.0 Å². The maximum Gasteiger partial charge on any atom is 0.319 e. The topological polar surface area (TPSA) is 118 Å². The van der Waals surface area contributed by atoms with Gasteiger partial charge in [0.2, 0.25) is 0 Å². The second-order valence-electron chi connectivity index (χ2n) is 8.98. The molecule has 196 valence electrons. The van der Waals surface area contributed by atoms with E-state index in [1.165, 1.54) is 7.11 Å². The number of urea groups is 1. The van der Waals surface area contributed by atoms with Crippen molar-refractivity contribution < 1.29 is 14.3 Å². The molecular formula is C26H35Cl2N5O3. The molecule has 1 aliphatic rings. The lowest BCUT2D eigenvalue weighted by atomic mass is 9.87. The summed E-state index contributed by atoms with van der Waals surface area (Å²) >= 11 is 12.0. The number of amides is 3. The number of halogens is 2. The monoisotopic (exact) mass is 535 g/mol. The Balaban J connectivity index is 1.47. The van der Waals surface area contributed by atoms with Crippen molar-refractivity contribution in [2.24, 2.45) is 5.92 Å². The number of rotatable bonds is 11. The molecule has 36 heavy (non-hydrogen) atoms. The van der Waals surface area contributed by atoms with Gasteiger partial charge >= 0.3 is 6.03 Å². The molecule has 1 unspecified atom stereocenters. The Hall–Kier alpha value is -2.68. The van der Waals surface area contributed by atoms with Gasteiger partial charge in [0.25, 0.3) is 5.91 Å². The zero-order chi connectivity index (χ0) is 25.9. The molecule has 0 spiro atoms. The Kier molecular flexibility index (Phi) is 11.0. The summed E-state index contributed by atoms with van der Waals surface area (Å²) < 4.78 is 5.36. The Labute approximate surface area is 222 Å². The van der Waals surface area contributed by atoms with Gasteiger partial charge in [-0.15, -0.1) is 0 Å². The number of benzene rings is 2. The predicted octanol–water partition coefficient (Wildman–Crippen LogP) is 5.06. The van der Waals surface area contributed by atoms with Gasteiger partial charge < -0.3 is 31.7 Å². The summed E-state index contributed by atoms with van der Waals surface area (Å²) in [7, 11) is 1.51. The van der Waals surface area contributed by atoms with E-state index in [1.54, 1.807) is 36.4 Å². The summed E-state index contributed by atoms with van der Waals surface area (Å²) in [6.07, 6.45) is 5.61. The van der Waals surface area contributed by atoms with E-state index in [2.05, 4.69) is 21.3 Å². The number of anilines is 2. The van der Waals surface area contributed by atoms with Gasteiger partial charge in [0.15, 0.2) is 0 Å². The lowest BCUT2D eigenvalue weighted by Gasteiger charge is -2.31. The molecule has 0 bridgehead atoms. The molecule has 2 aromatic carbocycles. The zero-order valence-corrected chi connectivity index (χ0v) is 22.1. The minimum Gasteiger partial charge on any atom is -0.496 e. The van der Waals surface area contributed by atoms with Crippen LogP contribution in [-0.4, -0.2) is 44.7 Å². The molecule has 3 amide bonds. The largest absolute Gasteiger partial charge is 0.496 e. The van der Waals surface area contributed by atoms with Crippen LogP contribution in [0.4, 0.5) is 16.2 Å². The normalized spacial score (nSPS) is 14.6. The van der Waals surface area contributed by atoms with Crippen molar-refractivity contribution in [1.82, 2.24) is 16.0 Å². The lowest BCUT2D eigenvalue weighted by Crippen LogP contribution is -2.44. The Morgan fingerprint density at radius 2 is 1.83 bits per heavy atom. The first kappa shape index (κ1) is 27.9. The van der Waals surface area contributed by atoms with Crippen LogP contribution in [0.2, 0.25) is 10.0 Å². The molecule has 0 saturated carbocycles. The first-order valence-corrected chi connectivity index (χ1v) is 13.1. The van der Waals surface area contributed by atoms with Crippen LogP contribution in [0.25, 0.3) is 0 Å². The highest BCUT2D eigenvalue weighted by molar-refractivity contribution is 6.33. The molecule has 0 radical (unpaired) electrons. The molecule has 10 heteroatoms. The highest BCUT2D eigenvalue weighted by Gasteiger charge is 2.26. The van der Waals surface area contributed by atoms with Crippen molar-refractivity contribution in [3.63, 3.8) is 0 Å². The number of unbranched alkanes of at least 4 members (excludes halogenated alkanes) is 2. The third-order valence-corrected chi connectivity index (χ3v) is 6.99. The van der Waals surface area contributed by atoms with Crippen molar-refractivity contribution in [3.05, 3.63) is 52.0 Å². The molecule has 0 aliphatic carbocycles. The van der Waals surface area contributed by atoms with E-state index in [-0.39, 0.29) is 18.0 Å². The average Bonchev–Trinajstić information content (AvgIpc) is 2.88. The summed E-state index contributed by atoms with van der Waals surface area (Å²) in [4.78, 5) is 25.2. The van der Waals surface area contributed by atoms with E-state index >= 15 is 0 Å². The molecule has 1 atom stereocenters. The fraction of sp³-hybridized carbons (Fsp3) is 0.462. The number of carbonyl (C=O) groups excluding carboxylic acids is 2. The number of nitrogen functional groups attached to an aromatic ring is 1. The smallest absolute Gasteiger partial charge is 0.319 e. The standard InChI is InChI=1S/C26H35Cl2N5O3/c1-36-24-16-22(29)21(28)15-20(24)25(34)33-23(17-10-13-30-14-11-17)5-3-2-4-12-31-26(35)32-19-8-6-18(27)7-9-19/h6-9,15-17,23,30H,2-5,10-14,29H2,1H3,(H,33,34)(H2,31,32,35). The number of carbonyl (C=O) groups is 2. The molecule has 1 saturated heterocycles. The van der Waals surface area contributed by atoms with Gasteiger partial charge in [0.1, 0.15) is 5.75 Å². The van der Waals surface area contributed by atoms with Crippen LogP contribution in [0, 0.1) is 5.92 Å². The van der Waals surface area contributed by atoms with E-state index in [4.69, 9.17) is 33.7 Å². The highest BCUT2D eigenvalue weighted by Crippen LogP contribution is 2.29. The van der Waals surface area contributed by atoms with Gasteiger partial charge in [-0.3, -0.25) is 4.79 Å². The summed E-state index contributed by atoms with van der Waals surface area (Å²) in [6, 6.07) is 9.91. The summed E-state index contributed by atoms with van der Waals surface area (Å²) in [5.41, 5.74) is 7.31. The van der Waals surface area contributed by atoms with Gasteiger partial charge in [0, 0.05) is 29.4 Å². The highest BCUT2D eigenvalue weighted by atomic mass is 35.5. The third kappa shape index (κ3) is 8.47. The quantitative estimate of drug-likeness (QED) is 0.203. The number of methoxy groups -OCH3 is 1. The maximum absolute atomic E-state index is 13.2. The minimum atomic E-state index is -0.242. The van der Waals surface area contributed by atoms with Crippen LogP contribution in [-0.2, 0) is 0 Å². The molecule has 8 nitrogen and oxygen atoms in total. The molecule has 1 fully saturated rings. The van der Waals surface area contributed by atoms with E-state index < -0.39 is 0 Å². The van der Waals surface area contributed by atoms with Crippen molar-refractivity contribution in [3.8, 4) is 5.75 Å². The van der Waals surface area contributed by atoms with Gasteiger partial charge in [-0.25, -0.2) is 4.79 Å². The lowest BCUT2D eigenvalue weighted by molar-refractivity contribution is 0.0906. The number of hydrogen-bond donors (Lipinski definition) is 5. The van der Waals surface area contributed by atoms with Crippen LogP contribution >= 0.6 is 23.2 Å². The minimum absolute atomic E-state index is 0.0433. The second-order valence-corrected chi connectivity index (χ2v) is 9.82. The Morgan fingerprint density at radius 3 is 2.53 bits per heavy atom. The number of nitrogens with two attached hydrogens (primary N) is 1. The van der Waals surface area contributed by atoms with Crippen molar-refractivity contribution in [2.45, 2.75) is 44.6 Å². The predicted molar refractivity (Wildman–Crippen MR) is 146 cm³/mol. The van der Waals surface area contributed by atoms with Gasteiger partial charge in [-0.1, -0.05) is 36.0 Å². The first-order valence-electron chi connectivity index (χ1n) is 12.3. The fourth-order valence-corrected chi connectivity index (χ4v) is 4.70. The molecule has 0 aromatic heterocycles. The van der Waals surface area contributed by atoms with Crippen LogP contribution in [0.1, 0.15) is 48.9 Å². The van der Waals surface area contributed by atoms with Crippen LogP contribution in [0.3, 0.4) is 0 Å². The summed E-state index contributed by atoms with van der Waals surface area (Å²) in [5.74, 6) is 0.591. The maximum atomic E-state index is 13.2. The molecule has 2 aromatic rings. The second kappa shape index (κ2) is 14.2. The van der Waals surface area contributed by atoms with Crippen LogP contribution in [0.5, 0.6) is 5.75 Å². The van der Waals surface area contributed by atoms with Gasteiger partial charge in [0.05, 0.1) is 23.4 Å². The van der Waals surface area contributed by atoms with Crippen LogP contribution < -0.4 is 31.7 Å². The number of hydrogen-bond acceptors (Lipinski definition) is 5. The SMILES string of the molecule is COc1cc(N)c(Cl)cc1C(=O)NC(CCCCCNC(=O)Nc1ccc(Cl)cc1)C1CCNCC1. The van der Waals surface area contributed by atoms with Crippen molar-refractivity contribution in [2.75, 3.05) is 37.8 Å². The van der Waals surface area contributed by atoms with E-state index in [9.17, 15) is 9.59 Å². The molecule has 3 rings (SSSR count). The van der Waals surface area contributed by atoms with E-state index in [1.807, 2.05) is 0 Å². The Morgan fingerprint density at radius 1 is 1.11 bits per heavy atom. The van der Waals surface area contributed by atoms with E-state index in [0.717, 1.165) is 51.6 Å². The molecule has 1 aliphatic heterocycles. The van der Waals surface area contributed by atoms with Gasteiger partial charge in [-0.2, -0.15) is 0 Å². The Bertz CT molecular complexity index is 1010. The summed E-state index contributed by atoms with van der Waals surface area (Å²) in [5, 5.41) is 13.2. The molecule has 6 N–H and O–H groups in total. The molecular weight excluding hydrogens is 501 g/mol. The number of nitrogens with one attached hydrogen (secondary N) is 4. The fourth-order valence-electron chi connectivity index (χ4n) is 4.41.